The summed E-state index contributed by atoms with van der Waals surface area (Å²) in [5.41, 5.74) is -0.703. The quantitative estimate of drug-likeness (QED) is 0.581. The van der Waals surface area contributed by atoms with Crippen LogP contribution >= 0.6 is 0 Å². The van der Waals surface area contributed by atoms with Crippen molar-refractivity contribution in [3.63, 3.8) is 0 Å². The van der Waals surface area contributed by atoms with E-state index in [4.69, 9.17) is 4.74 Å². The topological polar surface area (TPSA) is 49.7 Å². The zero-order chi connectivity index (χ0) is 14.8. The highest BCUT2D eigenvalue weighted by Gasteiger charge is 2.46. The number of hydrogen-bond acceptors (Lipinski definition) is 3. The molecule has 2 rings (SSSR count). The molecule has 3 heteroatoms. The van der Waals surface area contributed by atoms with Crippen LogP contribution in [-0.4, -0.2) is 28.2 Å². The van der Waals surface area contributed by atoms with Crippen molar-refractivity contribution in [1.82, 2.24) is 0 Å². The van der Waals surface area contributed by atoms with Crippen LogP contribution in [0, 0.1) is 17.8 Å². The highest BCUT2D eigenvalue weighted by molar-refractivity contribution is 5.08. The molecule has 0 radical (unpaired) electrons. The van der Waals surface area contributed by atoms with Crippen LogP contribution in [0.25, 0.3) is 0 Å². The van der Waals surface area contributed by atoms with Gasteiger partial charge in [0.1, 0.15) is 0 Å². The second-order valence-electron chi connectivity index (χ2n) is 6.99. The highest BCUT2D eigenvalue weighted by atomic mass is 16.6. The Morgan fingerprint density at radius 2 is 2.05 bits per heavy atom. The molecular weight excluding hydrogens is 252 g/mol. The summed E-state index contributed by atoms with van der Waals surface area (Å²) in [4.78, 5) is 0. The van der Waals surface area contributed by atoms with Crippen LogP contribution in [0.1, 0.15) is 59.3 Å². The molecular formula is C17H30O3. The minimum Gasteiger partial charge on any atom is -0.386 e. The predicted octanol–water partition coefficient (Wildman–Crippen LogP) is 3.25. The van der Waals surface area contributed by atoms with Gasteiger partial charge in [-0.3, -0.25) is 0 Å². The number of aliphatic hydroxyl groups is 2. The lowest BCUT2D eigenvalue weighted by Crippen LogP contribution is -2.22. The Balaban J connectivity index is 1.92. The fourth-order valence-electron chi connectivity index (χ4n) is 3.79. The maximum Gasteiger partial charge on any atom is 0.155 e. The molecule has 1 saturated carbocycles. The number of ether oxygens (including phenoxy) is 1. The van der Waals surface area contributed by atoms with Crippen molar-refractivity contribution in [3.05, 3.63) is 12.2 Å². The maximum atomic E-state index is 10.4. The van der Waals surface area contributed by atoms with Crippen molar-refractivity contribution >= 4 is 0 Å². The summed E-state index contributed by atoms with van der Waals surface area (Å²) in [6, 6.07) is 0. The average Bonchev–Trinajstić information content (AvgIpc) is 2.82. The van der Waals surface area contributed by atoms with Crippen LogP contribution in [0.4, 0.5) is 0 Å². The normalized spacial score (nSPS) is 40.1. The molecule has 3 nitrogen and oxygen atoms in total. The van der Waals surface area contributed by atoms with Gasteiger partial charge in [0, 0.05) is 6.42 Å². The molecule has 2 fully saturated rings. The summed E-state index contributed by atoms with van der Waals surface area (Å²) < 4.78 is 5.56. The number of rotatable bonds is 6. The molecule has 1 aliphatic heterocycles. The van der Waals surface area contributed by atoms with E-state index in [2.05, 4.69) is 19.9 Å². The van der Waals surface area contributed by atoms with Gasteiger partial charge in [-0.1, -0.05) is 45.3 Å². The second kappa shape index (κ2) is 6.59. The summed E-state index contributed by atoms with van der Waals surface area (Å²) in [5.74, 6) is 1.41. The van der Waals surface area contributed by atoms with Crippen molar-refractivity contribution in [1.29, 1.82) is 0 Å². The molecule has 1 heterocycles. The van der Waals surface area contributed by atoms with Crippen molar-refractivity contribution < 1.29 is 14.9 Å². The molecule has 116 valence electrons. The van der Waals surface area contributed by atoms with Crippen molar-refractivity contribution in [2.45, 2.75) is 77.3 Å². The van der Waals surface area contributed by atoms with Gasteiger partial charge in [0.05, 0.1) is 11.7 Å². The third kappa shape index (κ3) is 3.84. The van der Waals surface area contributed by atoms with E-state index in [1.807, 2.05) is 13.0 Å². The van der Waals surface area contributed by atoms with Gasteiger partial charge < -0.3 is 14.9 Å². The van der Waals surface area contributed by atoms with Gasteiger partial charge in [-0.15, -0.1) is 0 Å². The van der Waals surface area contributed by atoms with E-state index in [9.17, 15) is 10.2 Å². The molecule has 2 N–H and O–H groups in total. The highest BCUT2D eigenvalue weighted by Crippen LogP contribution is 2.46. The molecule has 0 bridgehead atoms. The fraction of sp³-hybridized carbons (Fsp3) is 0.882. The standard InChI is InChI=1S/C17H30O3/c1-4-5-6-8-17(3,19)9-7-13-12(2)10-15-14(13)11-16(18)20-15/h7,9,12-16,18-19H,4-6,8,10-11H2,1-3H3/b9-7+/t12-,13+,14?,15+,16?,17-/m1/s1. The molecule has 1 aliphatic carbocycles. The van der Waals surface area contributed by atoms with E-state index in [-0.39, 0.29) is 6.10 Å². The lowest BCUT2D eigenvalue weighted by atomic mass is 9.86. The zero-order valence-corrected chi connectivity index (χ0v) is 13.1. The van der Waals surface area contributed by atoms with E-state index in [0.717, 1.165) is 25.7 Å². The monoisotopic (exact) mass is 282 g/mol. The van der Waals surface area contributed by atoms with E-state index in [1.165, 1.54) is 12.8 Å². The van der Waals surface area contributed by atoms with E-state index in [0.29, 0.717) is 17.8 Å². The summed E-state index contributed by atoms with van der Waals surface area (Å²) in [7, 11) is 0. The molecule has 0 aromatic heterocycles. The largest absolute Gasteiger partial charge is 0.386 e. The third-order valence-corrected chi connectivity index (χ3v) is 5.00. The first-order valence-electron chi connectivity index (χ1n) is 8.18. The molecule has 1 saturated heterocycles. The Labute approximate surface area is 123 Å². The molecule has 0 aromatic carbocycles. The Bertz CT molecular complexity index is 337. The Kier molecular flexibility index (Phi) is 5.27. The van der Waals surface area contributed by atoms with E-state index in [1.54, 1.807) is 0 Å². The summed E-state index contributed by atoms with van der Waals surface area (Å²) in [5, 5.41) is 20.0. The SMILES string of the molecule is CCCCC[C@@](C)(O)/C=C/[C@@H]1C2CC(O)O[C@H]2C[C@H]1C. The molecule has 6 atom stereocenters. The Morgan fingerprint density at radius 3 is 2.75 bits per heavy atom. The van der Waals surface area contributed by atoms with Crippen molar-refractivity contribution in [3.8, 4) is 0 Å². The minimum atomic E-state index is -0.703. The fourth-order valence-corrected chi connectivity index (χ4v) is 3.79. The van der Waals surface area contributed by atoms with Crippen LogP contribution < -0.4 is 0 Å². The summed E-state index contributed by atoms with van der Waals surface area (Å²) in [6.07, 6.45) is 9.80. The number of fused-ring (bicyclic) bond motifs is 1. The first-order valence-corrected chi connectivity index (χ1v) is 8.18. The van der Waals surface area contributed by atoms with Gasteiger partial charge in [-0.25, -0.2) is 0 Å². The molecule has 0 spiro atoms. The molecule has 2 aliphatic rings. The molecule has 0 aromatic rings. The summed E-state index contributed by atoms with van der Waals surface area (Å²) in [6.45, 7) is 6.32. The van der Waals surface area contributed by atoms with Crippen LogP contribution in [0.2, 0.25) is 0 Å². The van der Waals surface area contributed by atoms with E-state index >= 15 is 0 Å². The Morgan fingerprint density at radius 1 is 1.30 bits per heavy atom. The van der Waals surface area contributed by atoms with Crippen LogP contribution in [0.5, 0.6) is 0 Å². The van der Waals surface area contributed by atoms with Gasteiger partial charge in [-0.2, -0.15) is 0 Å². The minimum absolute atomic E-state index is 0.208. The van der Waals surface area contributed by atoms with Crippen LogP contribution in [-0.2, 0) is 4.74 Å². The lowest BCUT2D eigenvalue weighted by Gasteiger charge is -2.22. The summed E-state index contributed by atoms with van der Waals surface area (Å²) >= 11 is 0. The number of aliphatic hydroxyl groups excluding tert-OH is 1. The Hall–Kier alpha value is -0.380. The smallest absolute Gasteiger partial charge is 0.155 e. The van der Waals surface area contributed by atoms with Crippen molar-refractivity contribution in [2.75, 3.05) is 0 Å². The first kappa shape index (κ1) is 16.0. The number of hydrogen-bond donors (Lipinski definition) is 2. The molecule has 2 unspecified atom stereocenters. The van der Waals surface area contributed by atoms with Crippen LogP contribution in [0.3, 0.4) is 0 Å². The van der Waals surface area contributed by atoms with Gasteiger partial charge in [-0.05, 0) is 37.5 Å². The third-order valence-electron chi connectivity index (χ3n) is 5.00. The van der Waals surface area contributed by atoms with Gasteiger partial charge >= 0.3 is 0 Å². The van der Waals surface area contributed by atoms with Crippen molar-refractivity contribution in [2.24, 2.45) is 17.8 Å². The van der Waals surface area contributed by atoms with Gasteiger partial charge in [0.15, 0.2) is 6.29 Å². The lowest BCUT2D eigenvalue weighted by molar-refractivity contribution is -0.0922. The van der Waals surface area contributed by atoms with E-state index < -0.39 is 11.9 Å². The number of allylic oxidation sites excluding steroid dienone is 1. The maximum absolute atomic E-state index is 10.4. The van der Waals surface area contributed by atoms with Gasteiger partial charge in [0.25, 0.3) is 0 Å². The second-order valence-corrected chi connectivity index (χ2v) is 6.99. The first-order chi connectivity index (χ1) is 9.43. The molecule has 0 amide bonds. The average molecular weight is 282 g/mol. The number of unbranched alkanes of at least 4 members (excludes halogenated alkanes) is 2. The van der Waals surface area contributed by atoms with Gasteiger partial charge in [0.2, 0.25) is 0 Å². The predicted molar refractivity (Wildman–Crippen MR) is 80.2 cm³/mol. The van der Waals surface area contributed by atoms with Crippen LogP contribution in [0.15, 0.2) is 12.2 Å². The molecule has 20 heavy (non-hydrogen) atoms. The zero-order valence-electron chi connectivity index (χ0n) is 13.1.